The van der Waals surface area contributed by atoms with Gasteiger partial charge >= 0.3 is 6.09 Å². The standard InChI is InChI=1S/C12H20N4O3S2/c1-12(2,3)19-10(18)15-6-5-14-9(17)7-8(13)21-11(16-7)20-4/h5-6,13H2,1-4H3,(H,14,17)(H,15,18). The van der Waals surface area contributed by atoms with Gasteiger partial charge in [0.05, 0.1) is 0 Å². The first-order valence-electron chi connectivity index (χ1n) is 6.28. The molecular weight excluding hydrogens is 312 g/mol. The molecule has 0 aliphatic rings. The molecule has 0 spiro atoms. The number of nitrogen functional groups attached to an aromatic ring is 1. The van der Waals surface area contributed by atoms with Crippen LogP contribution >= 0.6 is 23.1 Å². The molecule has 7 nitrogen and oxygen atoms in total. The van der Waals surface area contributed by atoms with Crippen LogP contribution in [-0.2, 0) is 4.74 Å². The molecule has 0 aliphatic heterocycles. The molecule has 2 amide bonds. The maximum atomic E-state index is 11.9. The predicted octanol–water partition coefficient (Wildman–Crippen LogP) is 1.70. The number of rotatable bonds is 5. The summed E-state index contributed by atoms with van der Waals surface area (Å²) in [6.45, 7) is 5.87. The number of alkyl carbamates (subject to hydrolysis) is 1. The number of hydrogen-bond donors (Lipinski definition) is 3. The summed E-state index contributed by atoms with van der Waals surface area (Å²) in [6, 6.07) is 0. The first-order chi connectivity index (χ1) is 9.73. The highest BCUT2D eigenvalue weighted by atomic mass is 32.2. The van der Waals surface area contributed by atoms with Gasteiger partial charge in [-0.05, 0) is 27.0 Å². The summed E-state index contributed by atoms with van der Waals surface area (Å²) in [5.41, 5.74) is 5.41. The van der Waals surface area contributed by atoms with Gasteiger partial charge in [0.1, 0.15) is 10.6 Å². The summed E-state index contributed by atoms with van der Waals surface area (Å²) < 4.78 is 5.81. The number of aromatic nitrogens is 1. The zero-order chi connectivity index (χ0) is 16.0. The number of carbonyl (C=O) groups is 2. The first kappa shape index (κ1) is 17.6. The molecule has 0 aliphatic carbocycles. The van der Waals surface area contributed by atoms with E-state index in [0.717, 1.165) is 4.34 Å². The highest BCUT2D eigenvalue weighted by Gasteiger charge is 2.17. The molecule has 0 radical (unpaired) electrons. The van der Waals surface area contributed by atoms with E-state index in [9.17, 15) is 9.59 Å². The lowest BCUT2D eigenvalue weighted by Gasteiger charge is -2.19. The van der Waals surface area contributed by atoms with Crippen LogP contribution in [0.1, 0.15) is 31.3 Å². The van der Waals surface area contributed by atoms with Crippen molar-refractivity contribution in [1.82, 2.24) is 15.6 Å². The van der Waals surface area contributed by atoms with Crippen LogP contribution in [0.2, 0.25) is 0 Å². The Hall–Kier alpha value is -1.48. The molecule has 0 bridgehead atoms. The van der Waals surface area contributed by atoms with E-state index in [1.807, 2.05) is 6.26 Å². The molecule has 4 N–H and O–H groups in total. The minimum atomic E-state index is -0.545. The molecule has 0 aromatic carbocycles. The summed E-state index contributed by atoms with van der Waals surface area (Å²) in [4.78, 5) is 27.4. The Morgan fingerprint density at radius 2 is 1.95 bits per heavy atom. The fraction of sp³-hybridized carbons (Fsp3) is 0.583. The van der Waals surface area contributed by atoms with Crippen molar-refractivity contribution in [3.05, 3.63) is 5.69 Å². The lowest BCUT2D eigenvalue weighted by Crippen LogP contribution is -2.38. The number of thiazole rings is 1. The second kappa shape index (κ2) is 7.51. The van der Waals surface area contributed by atoms with Crippen LogP contribution in [0.5, 0.6) is 0 Å². The molecule has 118 valence electrons. The fourth-order valence-corrected chi connectivity index (χ4v) is 2.65. The Morgan fingerprint density at radius 1 is 1.33 bits per heavy atom. The third-order valence-electron chi connectivity index (χ3n) is 2.10. The highest BCUT2D eigenvalue weighted by molar-refractivity contribution is 8.00. The monoisotopic (exact) mass is 332 g/mol. The number of ether oxygens (including phenoxy) is 1. The highest BCUT2D eigenvalue weighted by Crippen LogP contribution is 2.27. The van der Waals surface area contributed by atoms with Crippen molar-refractivity contribution in [3.8, 4) is 0 Å². The Bertz CT molecular complexity index is 511. The van der Waals surface area contributed by atoms with Gasteiger partial charge in [-0.25, -0.2) is 9.78 Å². The van der Waals surface area contributed by atoms with Gasteiger partial charge < -0.3 is 21.1 Å². The zero-order valence-corrected chi connectivity index (χ0v) is 14.1. The van der Waals surface area contributed by atoms with Gasteiger partial charge in [0.15, 0.2) is 10.0 Å². The van der Waals surface area contributed by atoms with E-state index in [4.69, 9.17) is 10.5 Å². The Kier molecular flexibility index (Phi) is 6.28. The Morgan fingerprint density at radius 3 is 2.48 bits per heavy atom. The number of amides is 2. The summed E-state index contributed by atoms with van der Waals surface area (Å²) in [5, 5.41) is 5.58. The Labute approximate surface area is 132 Å². The van der Waals surface area contributed by atoms with E-state index in [0.29, 0.717) is 5.00 Å². The number of thioether (sulfide) groups is 1. The molecule has 21 heavy (non-hydrogen) atoms. The van der Waals surface area contributed by atoms with Crippen molar-refractivity contribution in [2.45, 2.75) is 30.7 Å². The fourth-order valence-electron chi connectivity index (χ4n) is 1.30. The van der Waals surface area contributed by atoms with Crippen LogP contribution in [0.25, 0.3) is 0 Å². The average molecular weight is 332 g/mol. The lowest BCUT2D eigenvalue weighted by atomic mass is 10.2. The molecule has 0 fully saturated rings. The van der Waals surface area contributed by atoms with E-state index in [2.05, 4.69) is 15.6 Å². The Balaban J connectivity index is 2.34. The number of anilines is 1. The van der Waals surface area contributed by atoms with Crippen LogP contribution in [0.4, 0.5) is 9.80 Å². The number of nitrogens with one attached hydrogen (secondary N) is 2. The van der Waals surface area contributed by atoms with Crippen LogP contribution in [0, 0.1) is 0 Å². The topological polar surface area (TPSA) is 106 Å². The molecule has 1 aromatic rings. The van der Waals surface area contributed by atoms with Crippen molar-refractivity contribution in [2.24, 2.45) is 0 Å². The maximum absolute atomic E-state index is 11.9. The first-order valence-corrected chi connectivity index (χ1v) is 8.32. The van der Waals surface area contributed by atoms with Gasteiger partial charge in [0.2, 0.25) is 0 Å². The molecule has 0 saturated heterocycles. The molecule has 0 saturated carbocycles. The van der Waals surface area contributed by atoms with Crippen LogP contribution in [0.3, 0.4) is 0 Å². The van der Waals surface area contributed by atoms with Crippen molar-refractivity contribution >= 4 is 40.1 Å². The minimum absolute atomic E-state index is 0.224. The second-order valence-corrected chi connectivity index (χ2v) is 7.17. The number of nitrogens with two attached hydrogens (primary N) is 1. The van der Waals surface area contributed by atoms with Gasteiger partial charge in [0, 0.05) is 13.1 Å². The lowest BCUT2D eigenvalue weighted by molar-refractivity contribution is 0.0526. The van der Waals surface area contributed by atoms with Crippen LogP contribution in [0.15, 0.2) is 4.34 Å². The van der Waals surface area contributed by atoms with Crippen molar-refractivity contribution in [1.29, 1.82) is 0 Å². The molecular formula is C12H20N4O3S2. The predicted molar refractivity (Wildman–Crippen MR) is 84.9 cm³/mol. The average Bonchev–Trinajstić information content (AvgIpc) is 2.73. The van der Waals surface area contributed by atoms with Crippen LogP contribution < -0.4 is 16.4 Å². The van der Waals surface area contributed by atoms with E-state index in [-0.39, 0.29) is 24.7 Å². The number of nitrogens with zero attached hydrogens (tertiary/aromatic N) is 1. The van der Waals surface area contributed by atoms with Crippen molar-refractivity contribution < 1.29 is 14.3 Å². The van der Waals surface area contributed by atoms with E-state index in [1.54, 1.807) is 20.8 Å². The summed E-state index contributed by atoms with van der Waals surface area (Å²) in [5.74, 6) is -0.352. The normalized spacial score (nSPS) is 11.0. The molecule has 1 heterocycles. The molecule has 0 unspecified atom stereocenters. The third-order valence-corrected chi connectivity index (χ3v) is 3.97. The molecule has 0 atom stereocenters. The van der Waals surface area contributed by atoms with E-state index >= 15 is 0 Å². The molecule has 9 heteroatoms. The second-order valence-electron chi connectivity index (χ2n) is 5.08. The van der Waals surface area contributed by atoms with Gasteiger partial charge in [-0.1, -0.05) is 23.1 Å². The third kappa shape index (κ3) is 6.21. The summed E-state index contributed by atoms with van der Waals surface area (Å²) >= 11 is 2.70. The molecule has 1 rings (SSSR count). The van der Waals surface area contributed by atoms with Crippen LogP contribution in [-0.4, -0.2) is 41.9 Å². The minimum Gasteiger partial charge on any atom is -0.444 e. The zero-order valence-electron chi connectivity index (χ0n) is 12.5. The van der Waals surface area contributed by atoms with Crippen molar-refractivity contribution in [2.75, 3.05) is 25.1 Å². The quantitative estimate of drug-likeness (QED) is 0.560. The van der Waals surface area contributed by atoms with Gasteiger partial charge in [0.25, 0.3) is 5.91 Å². The smallest absolute Gasteiger partial charge is 0.407 e. The van der Waals surface area contributed by atoms with E-state index in [1.165, 1.54) is 23.1 Å². The molecule has 1 aromatic heterocycles. The van der Waals surface area contributed by atoms with Gasteiger partial charge in [-0.2, -0.15) is 0 Å². The largest absolute Gasteiger partial charge is 0.444 e. The number of hydrogen-bond acceptors (Lipinski definition) is 7. The van der Waals surface area contributed by atoms with Gasteiger partial charge in [-0.15, -0.1) is 0 Å². The number of carbonyl (C=O) groups excluding carboxylic acids is 2. The van der Waals surface area contributed by atoms with E-state index < -0.39 is 11.7 Å². The van der Waals surface area contributed by atoms with Gasteiger partial charge in [-0.3, -0.25) is 4.79 Å². The summed E-state index contributed by atoms with van der Waals surface area (Å²) in [6.07, 6.45) is 1.35. The van der Waals surface area contributed by atoms with Crippen molar-refractivity contribution in [3.63, 3.8) is 0 Å². The SMILES string of the molecule is CSc1nc(C(=O)NCCNC(=O)OC(C)(C)C)c(N)s1. The summed E-state index contributed by atoms with van der Waals surface area (Å²) in [7, 11) is 0. The maximum Gasteiger partial charge on any atom is 0.407 e.